The zero-order chi connectivity index (χ0) is 14.2. The van der Waals surface area contributed by atoms with Crippen LogP contribution < -0.4 is 14.4 Å². The van der Waals surface area contributed by atoms with Crippen molar-refractivity contribution >= 4 is 11.7 Å². The van der Waals surface area contributed by atoms with Gasteiger partial charge in [-0.3, -0.25) is 4.79 Å². The molecule has 1 aliphatic carbocycles. The Morgan fingerprint density at radius 3 is 2.42 bits per heavy atom. The molecule has 0 amide bonds. The second-order valence-electron chi connectivity index (χ2n) is 4.85. The molecule has 0 bridgehead atoms. The molecule has 1 aromatic carbocycles. The van der Waals surface area contributed by atoms with Gasteiger partial charge in [0.15, 0.2) is 0 Å². The van der Waals surface area contributed by atoms with Crippen LogP contribution >= 0.6 is 0 Å². The van der Waals surface area contributed by atoms with Crippen molar-refractivity contribution in [3.63, 3.8) is 0 Å². The first-order valence-corrected chi connectivity index (χ1v) is 6.17. The molecule has 0 aliphatic heterocycles. The highest BCUT2D eigenvalue weighted by molar-refractivity contribution is 5.77. The Morgan fingerprint density at radius 1 is 1.32 bits per heavy atom. The first-order valence-electron chi connectivity index (χ1n) is 6.17. The Labute approximate surface area is 112 Å². The third-order valence-corrected chi connectivity index (χ3v) is 3.65. The van der Waals surface area contributed by atoms with E-state index in [9.17, 15) is 4.79 Å². The average molecular weight is 265 g/mol. The summed E-state index contributed by atoms with van der Waals surface area (Å²) in [6, 6.07) is 3.83. The van der Waals surface area contributed by atoms with E-state index in [0.29, 0.717) is 6.42 Å². The fourth-order valence-electron chi connectivity index (χ4n) is 2.36. The van der Waals surface area contributed by atoms with Crippen molar-refractivity contribution in [2.45, 2.75) is 19.4 Å². The van der Waals surface area contributed by atoms with Crippen LogP contribution in [0, 0.1) is 12.8 Å². The van der Waals surface area contributed by atoms with Gasteiger partial charge in [0.25, 0.3) is 0 Å². The summed E-state index contributed by atoms with van der Waals surface area (Å²) in [6.07, 6.45) is 0.672. The van der Waals surface area contributed by atoms with Crippen molar-refractivity contribution in [1.29, 1.82) is 0 Å². The third-order valence-electron chi connectivity index (χ3n) is 3.65. The number of hydrogen-bond acceptors (Lipinski definition) is 4. The first kappa shape index (κ1) is 13.5. The van der Waals surface area contributed by atoms with Crippen molar-refractivity contribution in [1.82, 2.24) is 0 Å². The minimum absolute atomic E-state index is 0.0267. The molecular weight excluding hydrogens is 246 g/mol. The van der Waals surface area contributed by atoms with Crippen molar-refractivity contribution in [2.24, 2.45) is 5.92 Å². The molecule has 5 nitrogen and oxygen atoms in total. The molecule has 104 valence electrons. The Kier molecular flexibility index (Phi) is 3.55. The molecule has 19 heavy (non-hydrogen) atoms. The summed E-state index contributed by atoms with van der Waals surface area (Å²) >= 11 is 0. The molecule has 2 rings (SSSR count). The summed E-state index contributed by atoms with van der Waals surface area (Å²) in [5, 5.41) is 9.01. The molecule has 5 heteroatoms. The minimum Gasteiger partial charge on any atom is -0.496 e. The van der Waals surface area contributed by atoms with Gasteiger partial charge in [0, 0.05) is 19.2 Å². The van der Waals surface area contributed by atoms with Crippen molar-refractivity contribution < 1.29 is 19.4 Å². The van der Waals surface area contributed by atoms with E-state index in [1.54, 1.807) is 14.2 Å². The number of aliphatic carboxylic acids is 1. The summed E-state index contributed by atoms with van der Waals surface area (Å²) in [5.74, 6) is 0.476. The second-order valence-corrected chi connectivity index (χ2v) is 4.85. The second kappa shape index (κ2) is 4.99. The van der Waals surface area contributed by atoms with Crippen LogP contribution in [0.1, 0.15) is 12.0 Å². The normalized spacial score (nSPS) is 20.8. The number of ether oxygens (including phenoxy) is 2. The molecule has 0 aromatic heterocycles. The molecule has 2 atom stereocenters. The summed E-state index contributed by atoms with van der Waals surface area (Å²) in [6.45, 7) is 1.95. The van der Waals surface area contributed by atoms with E-state index in [4.69, 9.17) is 14.6 Å². The molecule has 0 spiro atoms. The van der Waals surface area contributed by atoms with Gasteiger partial charge < -0.3 is 19.5 Å². The Morgan fingerprint density at radius 2 is 1.95 bits per heavy atom. The predicted octanol–water partition coefficient (Wildman–Crippen LogP) is 1.92. The molecular formula is C14H19NO4. The number of carboxylic acid groups (broad SMARTS) is 1. The van der Waals surface area contributed by atoms with Crippen molar-refractivity contribution in [2.75, 3.05) is 26.2 Å². The number of hydrogen-bond donors (Lipinski definition) is 1. The van der Waals surface area contributed by atoms with Gasteiger partial charge in [-0.25, -0.2) is 0 Å². The van der Waals surface area contributed by atoms with Gasteiger partial charge in [0.2, 0.25) is 0 Å². The van der Waals surface area contributed by atoms with Crippen molar-refractivity contribution in [3.8, 4) is 11.5 Å². The highest BCUT2D eigenvalue weighted by Crippen LogP contribution is 2.42. The fraction of sp³-hybridized carbons (Fsp3) is 0.500. The number of methoxy groups -OCH3 is 2. The smallest absolute Gasteiger partial charge is 0.308 e. The van der Waals surface area contributed by atoms with E-state index in [1.807, 2.05) is 31.0 Å². The quantitative estimate of drug-likeness (QED) is 0.881. The van der Waals surface area contributed by atoms with E-state index in [2.05, 4.69) is 0 Å². The predicted molar refractivity (Wildman–Crippen MR) is 72.2 cm³/mol. The number of anilines is 1. The van der Waals surface area contributed by atoms with Gasteiger partial charge >= 0.3 is 5.97 Å². The zero-order valence-electron chi connectivity index (χ0n) is 11.6. The molecule has 1 fully saturated rings. The maximum Gasteiger partial charge on any atom is 0.308 e. The van der Waals surface area contributed by atoms with Gasteiger partial charge in [-0.1, -0.05) is 0 Å². The number of carboxylic acids is 1. The van der Waals surface area contributed by atoms with E-state index in [1.165, 1.54) is 0 Å². The highest BCUT2D eigenvalue weighted by atomic mass is 16.5. The lowest BCUT2D eigenvalue weighted by atomic mass is 10.1. The van der Waals surface area contributed by atoms with Crippen LogP contribution in [0.3, 0.4) is 0 Å². The Balaban J connectivity index is 2.30. The van der Waals surface area contributed by atoms with Gasteiger partial charge in [-0.05, 0) is 25.0 Å². The number of carbonyl (C=O) groups is 1. The van der Waals surface area contributed by atoms with E-state index in [-0.39, 0.29) is 12.0 Å². The van der Waals surface area contributed by atoms with Gasteiger partial charge in [0.1, 0.15) is 11.5 Å². The molecule has 0 radical (unpaired) electrons. The lowest BCUT2D eigenvalue weighted by molar-refractivity contribution is -0.138. The molecule has 1 aromatic rings. The van der Waals surface area contributed by atoms with Crippen LogP contribution in [0.2, 0.25) is 0 Å². The monoisotopic (exact) mass is 265 g/mol. The molecule has 0 saturated heterocycles. The van der Waals surface area contributed by atoms with Gasteiger partial charge in [-0.2, -0.15) is 0 Å². The molecule has 1 saturated carbocycles. The van der Waals surface area contributed by atoms with E-state index in [0.717, 1.165) is 22.7 Å². The van der Waals surface area contributed by atoms with Crippen LogP contribution in [0.5, 0.6) is 11.5 Å². The molecule has 0 heterocycles. The topological polar surface area (TPSA) is 59.0 Å². The van der Waals surface area contributed by atoms with Gasteiger partial charge in [0.05, 0.1) is 25.8 Å². The minimum atomic E-state index is -0.741. The van der Waals surface area contributed by atoms with Crippen molar-refractivity contribution in [3.05, 3.63) is 17.7 Å². The SMILES string of the molecule is COc1cc(N(C)C2CC2C(=O)O)c(OC)cc1C. The summed E-state index contributed by atoms with van der Waals surface area (Å²) in [4.78, 5) is 12.9. The van der Waals surface area contributed by atoms with Crippen LogP contribution in [0.15, 0.2) is 12.1 Å². The summed E-state index contributed by atoms with van der Waals surface area (Å²) < 4.78 is 10.7. The Hall–Kier alpha value is -1.91. The number of nitrogens with zero attached hydrogens (tertiary/aromatic N) is 1. The van der Waals surface area contributed by atoms with E-state index < -0.39 is 5.97 Å². The summed E-state index contributed by atoms with van der Waals surface area (Å²) in [5.41, 5.74) is 1.85. The van der Waals surface area contributed by atoms with Crippen LogP contribution in [-0.4, -0.2) is 38.4 Å². The van der Waals surface area contributed by atoms with Crippen LogP contribution in [-0.2, 0) is 4.79 Å². The zero-order valence-corrected chi connectivity index (χ0v) is 11.6. The summed E-state index contributed by atoms with van der Waals surface area (Å²) in [7, 11) is 5.12. The van der Waals surface area contributed by atoms with E-state index >= 15 is 0 Å². The first-order chi connectivity index (χ1) is 8.99. The maximum atomic E-state index is 11.0. The molecule has 1 aliphatic rings. The standard InChI is InChI=1S/C14H19NO4/c1-8-5-13(19-4)11(7-12(8)18-3)15(2)10-6-9(10)14(16)17/h5,7,9-10H,6H2,1-4H3,(H,16,17). The lowest BCUT2D eigenvalue weighted by Crippen LogP contribution is -2.24. The number of benzene rings is 1. The number of aryl methyl sites for hydroxylation is 1. The van der Waals surface area contributed by atoms with Crippen LogP contribution in [0.4, 0.5) is 5.69 Å². The third kappa shape index (κ3) is 2.45. The largest absolute Gasteiger partial charge is 0.496 e. The molecule has 2 unspecified atom stereocenters. The average Bonchev–Trinajstić information content (AvgIpc) is 3.17. The van der Waals surface area contributed by atoms with Gasteiger partial charge in [-0.15, -0.1) is 0 Å². The van der Waals surface area contributed by atoms with Crippen LogP contribution in [0.25, 0.3) is 0 Å². The maximum absolute atomic E-state index is 11.0. The molecule has 1 N–H and O–H groups in total. The number of rotatable bonds is 5. The highest BCUT2D eigenvalue weighted by Gasteiger charge is 2.46. The lowest BCUT2D eigenvalue weighted by Gasteiger charge is -2.23. The fourth-order valence-corrected chi connectivity index (χ4v) is 2.36. The Bertz CT molecular complexity index is 500.